The van der Waals surface area contributed by atoms with Crippen LogP contribution in [-0.2, 0) is 4.79 Å². The standard InChI is InChI=1S/C19H17Cl2N3O2S/c1-12-4-6-13(7-5-12)18-22-23-19(27-10-2-3-17(25)26)24(18)14-8-9-15(20)16(21)11-14/h4-9,11H,2-3,10H2,1H3,(H,25,26). The van der Waals surface area contributed by atoms with Gasteiger partial charge in [0.15, 0.2) is 11.0 Å². The third-order valence-corrected chi connectivity index (χ3v) is 5.62. The molecule has 5 nitrogen and oxygen atoms in total. The lowest BCUT2D eigenvalue weighted by atomic mass is 10.1. The zero-order chi connectivity index (χ0) is 19.4. The van der Waals surface area contributed by atoms with Crippen LogP contribution in [0.3, 0.4) is 0 Å². The van der Waals surface area contributed by atoms with E-state index in [1.807, 2.05) is 41.8 Å². The number of aromatic nitrogens is 3. The predicted molar refractivity (Wildman–Crippen MR) is 109 cm³/mol. The summed E-state index contributed by atoms with van der Waals surface area (Å²) in [6.45, 7) is 2.03. The number of aliphatic carboxylic acids is 1. The van der Waals surface area contributed by atoms with Gasteiger partial charge in [-0.3, -0.25) is 9.36 Å². The van der Waals surface area contributed by atoms with E-state index >= 15 is 0 Å². The third-order valence-electron chi connectivity index (χ3n) is 3.87. The van der Waals surface area contributed by atoms with Crippen molar-refractivity contribution in [3.63, 3.8) is 0 Å². The molecule has 8 heteroatoms. The summed E-state index contributed by atoms with van der Waals surface area (Å²) in [5, 5.41) is 19.1. The molecule has 0 aliphatic rings. The van der Waals surface area contributed by atoms with E-state index in [4.69, 9.17) is 28.3 Å². The van der Waals surface area contributed by atoms with Crippen molar-refractivity contribution in [3.05, 3.63) is 58.1 Å². The maximum Gasteiger partial charge on any atom is 0.303 e. The number of carboxylic acids is 1. The minimum absolute atomic E-state index is 0.124. The molecular weight excluding hydrogens is 405 g/mol. The maximum absolute atomic E-state index is 10.7. The Balaban J connectivity index is 1.99. The van der Waals surface area contributed by atoms with E-state index in [0.29, 0.717) is 33.2 Å². The Labute approximate surface area is 171 Å². The van der Waals surface area contributed by atoms with E-state index in [0.717, 1.165) is 16.8 Å². The molecule has 0 saturated carbocycles. The minimum Gasteiger partial charge on any atom is -0.481 e. The Morgan fingerprint density at radius 2 is 1.85 bits per heavy atom. The van der Waals surface area contributed by atoms with Crippen LogP contribution >= 0.6 is 35.0 Å². The summed E-state index contributed by atoms with van der Waals surface area (Å²) in [7, 11) is 0. The van der Waals surface area contributed by atoms with Gasteiger partial charge in [-0.05, 0) is 31.5 Å². The van der Waals surface area contributed by atoms with E-state index in [2.05, 4.69) is 10.2 Å². The smallest absolute Gasteiger partial charge is 0.303 e. The number of halogens is 2. The third kappa shape index (κ3) is 4.83. The first-order valence-corrected chi connectivity index (χ1v) is 10.0. The van der Waals surface area contributed by atoms with Crippen molar-refractivity contribution in [3.8, 4) is 17.1 Å². The van der Waals surface area contributed by atoms with Gasteiger partial charge in [0.2, 0.25) is 0 Å². The van der Waals surface area contributed by atoms with Gasteiger partial charge in [0, 0.05) is 17.7 Å². The van der Waals surface area contributed by atoms with Gasteiger partial charge in [0.1, 0.15) is 0 Å². The molecule has 0 spiro atoms. The van der Waals surface area contributed by atoms with Crippen LogP contribution < -0.4 is 0 Å². The Hall–Kier alpha value is -2.02. The average molecular weight is 422 g/mol. The molecule has 0 saturated heterocycles. The van der Waals surface area contributed by atoms with Gasteiger partial charge in [-0.15, -0.1) is 10.2 Å². The first kappa shape index (κ1) is 19.7. The monoisotopic (exact) mass is 421 g/mol. The lowest BCUT2D eigenvalue weighted by Crippen LogP contribution is -2.01. The van der Waals surface area contributed by atoms with E-state index < -0.39 is 5.97 Å². The fourth-order valence-electron chi connectivity index (χ4n) is 2.50. The van der Waals surface area contributed by atoms with Crippen LogP contribution in [0.25, 0.3) is 17.1 Å². The minimum atomic E-state index is -0.804. The molecule has 0 radical (unpaired) electrons. The molecule has 1 N–H and O–H groups in total. The summed E-state index contributed by atoms with van der Waals surface area (Å²) in [6, 6.07) is 13.4. The first-order chi connectivity index (χ1) is 13.0. The quantitative estimate of drug-likeness (QED) is 0.402. The largest absolute Gasteiger partial charge is 0.481 e. The molecule has 1 aromatic heterocycles. The fraction of sp³-hybridized carbons (Fsp3) is 0.211. The lowest BCUT2D eigenvalue weighted by Gasteiger charge is -2.11. The summed E-state index contributed by atoms with van der Waals surface area (Å²) in [6.07, 6.45) is 0.673. The molecule has 3 rings (SSSR count). The summed E-state index contributed by atoms with van der Waals surface area (Å²) >= 11 is 13.7. The highest BCUT2D eigenvalue weighted by Gasteiger charge is 2.17. The molecule has 0 fully saturated rings. The number of hydrogen-bond donors (Lipinski definition) is 1. The SMILES string of the molecule is Cc1ccc(-c2nnc(SCCCC(=O)O)n2-c2ccc(Cl)c(Cl)c2)cc1. The highest BCUT2D eigenvalue weighted by atomic mass is 35.5. The van der Waals surface area contributed by atoms with E-state index in [1.165, 1.54) is 11.8 Å². The fourth-order valence-corrected chi connectivity index (χ4v) is 3.68. The lowest BCUT2D eigenvalue weighted by molar-refractivity contribution is -0.137. The Kier molecular flexibility index (Phi) is 6.42. The van der Waals surface area contributed by atoms with Gasteiger partial charge >= 0.3 is 5.97 Å². The number of benzene rings is 2. The van der Waals surface area contributed by atoms with Crippen molar-refractivity contribution in [2.24, 2.45) is 0 Å². The number of hydrogen-bond acceptors (Lipinski definition) is 4. The molecule has 0 atom stereocenters. The van der Waals surface area contributed by atoms with Gasteiger partial charge in [0.05, 0.1) is 15.7 Å². The second-order valence-electron chi connectivity index (χ2n) is 5.95. The summed E-state index contributed by atoms with van der Waals surface area (Å²) in [4.78, 5) is 10.7. The Bertz CT molecular complexity index is 958. The molecule has 3 aromatic rings. The van der Waals surface area contributed by atoms with Crippen molar-refractivity contribution in [2.45, 2.75) is 24.9 Å². The highest BCUT2D eigenvalue weighted by molar-refractivity contribution is 7.99. The highest BCUT2D eigenvalue weighted by Crippen LogP contribution is 2.31. The van der Waals surface area contributed by atoms with Crippen molar-refractivity contribution in [1.29, 1.82) is 0 Å². The predicted octanol–water partition coefficient (Wildman–Crippen LogP) is 5.51. The molecule has 1 heterocycles. The van der Waals surface area contributed by atoms with E-state index in [9.17, 15) is 4.79 Å². The van der Waals surface area contributed by atoms with Crippen LogP contribution in [0.1, 0.15) is 18.4 Å². The zero-order valence-corrected chi connectivity index (χ0v) is 16.9. The number of rotatable bonds is 7. The summed E-state index contributed by atoms with van der Waals surface area (Å²) in [5.74, 6) is 0.510. The van der Waals surface area contributed by atoms with Crippen molar-refractivity contribution in [1.82, 2.24) is 14.8 Å². The van der Waals surface area contributed by atoms with Gasteiger partial charge in [-0.1, -0.05) is 64.8 Å². The first-order valence-electron chi connectivity index (χ1n) is 8.28. The molecule has 0 aliphatic heterocycles. The second kappa shape index (κ2) is 8.78. The van der Waals surface area contributed by atoms with Crippen LogP contribution in [0.2, 0.25) is 10.0 Å². The van der Waals surface area contributed by atoms with Crippen LogP contribution in [0.4, 0.5) is 0 Å². The van der Waals surface area contributed by atoms with Crippen molar-refractivity contribution in [2.75, 3.05) is 5.75 Å². The number of carbonyl (C=O) groups is 1. The summed E-state index contributed by atoms with van der Waals surface area (Å²) in [5.41, 5.74) is 2.88. The molecule has 0 aliphatic carbocycles. The van der Waals surface area contributed by atoms with Crippen LogP contribution in [0, 0.1) is 6.92 Å². The number of thioether (sulfide) groups is 1. The van der Waals surface area contributed by atoms with Crippen molar-refractivity contribution >= 4 is 40.9 Å². The molecule has 140 valence electrons. The van der Waals surface area contributed by atoms with Crippen molar-refractivity contribution < 1.29 is 9.90 Å². The average Bonchev–Trinajstić information content (AvgIpc) is 3.05. The Morgan fingerprint density at radius 3 is 2.52 bits per heavy atom. The maximum atomic E-state index is 10.7. The molecule has 0 bridgehead atoms. The number of nitrogens with zero attached hydrogens (tertiary/aromatic N) is 3. The Morgan fingerprint density at radius 1 is 1.11 bits per heavy atom. The molecule has 0 amide bonds. The van der Waals surface area contributed by atoms with Gasteiger partial charge in [-0.2, -0.15) is 0 Å². The van der Waals surface area contributed by atoms with Crippen LogP contribution in [-0.4, -0.2) is 31.6 Å². The van der Waals surface area contributed by atoms with Gasteiger partial charge < -0.3 is 5.11 Å². The molecule has 0 unspecified atom stereocenters. The number of aryl methyl sites for hydroxylation is 1. The van der Waals surface area contributed by atoms with E-state index in [-0.39, 0.29) is 6.42 Å². The van der Waals surface area contributed by atoms with Crippen LogP contribution in [0.5, 0.6) is 0 Å². The second-order valence-corrected chi connectivity index (χ2v) is 7.83. The molecule has 2 aromatic carbocycles. The normalized spacial score (nSPS) is 10.9. The van der Waals surface area contributed by atoms with E-state index in [1.54, 1.807) is 12.1 Å². The molecule has 27 heavy (non-hydrogen) atoms. The molecular formula is C19H17Cl2N3O2S. The topological polar surface area (TPSA) is 68.0 Å². The number of carboxylic acid groups (broad SMARTS) is 1. The van der Waals surface area contributed by atoms with Gasteiger partial charge in [0.25, 0.3) is 0 Å². The van der Waals surface area contributed by atoms with Gasteiger partial charge in [-0.25, -0.2) is 0 Å². The zero-order valence-electron chi connectivity index (χ0n) is 14.5. The van der Waals surface area contributed by atoms with Crippen LogP contribution in [0.15, 0.2) is 47.6 Å². The summed E-state index contributed by atoms with van der Waals surface area (Å²) < 4.78 is 1.91.